The number of unbranched alkanes of at least 4 members (excludes halogenated alkanes) is 1. The van der Waals surface area contributed by atoms with Crippen molar-refractivity contribution in [2.75, 3.05) is 11.9 Å². The van der Waals surface area contributed by atoms with Crippen molar-refractivity contribution < 1.29 is 4.79 Å². The van der Waals surface area contributed by atoms with Gasteiger partial charge in [-0.3, -0.25) is 4.79 Å². The summed E-state index contributed by atoms with van der Waals surface area (Å²) in [6.45, 7) is 4.66. The van der Waals surface area contributed by atoms with E-state index < -0.39 is 0 Å². The Balaban J connectivity index is 2.72. The van der Waals surface area contributed by atoms with E-state index in [1.165, 1.54) is 0 Å². The standard InChI is InChI=1S/C14H23N3O/c1-3-4-5-12(9-15)17-11-6-7-13(14(16)18)10(2)8-11/h6-8,12,17H,3-5,9,15H2,1-2H3,(H2,16,18). The number of anilines is 1. The molecule has 0 saturated heterocycles. The third-order valence-corrected chi connectivity index (χ3v) is 3.05. The van der Waals surface area contributed by atoms with Gasteiger partial charge in [0.05, 0.1) is 0 Å². The van der Waals surface area contributed by atoms with Crippen molar-refractivity contribution >= 4 is 11.6 Å². The summed E-state index contributed by atoms with van der Waals surface area (Å²) in [5, 5.41) is 3.39. The fourth-order valence-electron chi connectivity index (χ4n) is 1.97. The van der Waals surface area contributed by atoms with Crippen LogP contribution < -0.4 is 16.8 Å². The molecule has 1 atom stereocenters. The molecule has 5 N–H and O–H groups in total. The molecular weight excluding hydrogens is 226 g/mol. The number of carbonyl (C=O) groups excluding carboxylic acids is 1. The van der Waals surface area contributed by atoms with Crippen molar-refractivity contribution in [2.24, 2.45) is 11.5 Å². The van der Waals surface area contributed by atoms with Crippen LogP contribution >= 0.6 is 0 Å². The molecule has 1 aromatic carbocycles. The molecule has 1 aromatic rings. The maximum absolute atomic E-state index is 11.1. The van der Waals surface area contributed by atoms with Crippen LogP contribution in [0.25, 0.3) is 0 Å². The highest BCUT2D eigenvalue weighted by Crippen LogP contribution is 2.16. The highest BCUT2D eigenvalue weighted by molar-refractivity contribution is 5.94. The number of nitrogens with two attached hydrogens (primary N) is 2. The van der Waals surface area contributed by atoms with Gasteiger partial charge in [0.25, 0.3) is 0 Å². The Morgan fingerprint density at radius 2 is 2.17 bits per heavy atom. The van der Waals surface area contributed by atoms with Crippen LogP contribution in [0.4, 0.5) is 5.69 Å². The highest BCUT2D eigenvalue weighted by atomic mass is 16.1. The van der Waals surface area contributed by atoms with Crippen LogP contribution in [0.5, 0.6) is 0 Å². The summed E-state index contributed by atoms with van der Waals surface area (Å²) in [5.74, 6) is -0.389. The van der Waals surface area contributed by atoms with Crippen molar-refractivity contribution in [1.82, 2.24) is 0 Å². The number of aryl methyl sites for hydroxylation is 1. The van der Waals surface area contributed by atoms with E-state index in [1.54, 1.807) is 6.07 Å². The van der Waals surface area contributed by atoms with Gasteiger partial charge in [0.15, 0.2) is 0 Å². The second-order valence-electron chi connectivity index (χ2n) is 4.61. The predicted octanol–water partition coefficient (Wildman–Crippen LogP) is 2.02. The van der Waals surface area contributed by atoms with Gasteiger partial charge < -0.3 is 16.8 Å². The molecule has 1 rings (SSSR count). The lowest BCUT2D eigenvalue weighted by Crippen LogP contribution is -2.28. The minimum atomic E-state index is -0.389. The van der Waals surface area contributed by atoms with Crippen molar-refractivity contribution in [1.29, 1.82) is 0 Å². The van der Waals surface area contributed by atoms with E-state index in [9.17, 15) is 4.79 Å². The lowest BCUT2D eigenvalue weighted by atomic mass is 10.1. The average Bonchev–Trinajstić information content (AvgIpc) is 2.34. The number of amides is 1. The molecule has 0 bridgehead atoms. The number of primary amides is 1. The topological polar surface area (TPSA) is 81.1 Å². The molecule has 4 nitrogen and oxygen atoms in total. The summed E-state index contributed by atoms with van der Waals surface area (Å²) in [5.41, 5.74) is 13.5. The third-order valence-electron chi connectivity index (χ3n) is 3.05. The normalized spacial score (nSPS) is 12.2. The average molecular weight is 249 g/mol. The van der Waals surface area contributed by atoms with Crippen LogP contribution in [-0.2, 0) is 0 Å². The number of benzene rings is 1. The number of hydrogen-bond donors (Lipinski definition) is 3. The SMILES string of the molecule is CCCCC(CN)Nc1ccc(C(N)=O)c(C)c1. The second kappa shape index (κ2) is 7.01. The molecule has 4 heteroatoms. The van der Waals surface area contributed by atoms with E-state index in [2.05, 4.69) is 12.2 Å². The Kier molecular flexibility index (Phi) is 5.65. The number of rotatable bonds is 7. The van der Waals surface area contributed by atoms with Crippen LogP contribution in [0, 0.1) is 6.92 Å². The Bertz CT molecular complexity index is 404. The van der Waals surface area contributed by atoms with Crippen LogP contribution in [-0.4, -0.2) is 18.5 Å². The zero-order valence-corrected chi connectivity index (χ0v) is 11.2. The zero-order chi connectivity index (χ0) is 13.5. The first-order valence-electron chi connectivity index (χ1n) is 6.45. The fourth-order valence-corrected chi connectivity index (χ4v) is 1.97. The van der Waals surface area contributed by atoms with Gasteiger partial charge >= 0.3 is 0 Å². The van der Waals surface area contributed by atoms with Crippen LogP contribution in [0.2, 0.25) is 0 Å². The molecule has 0 saturated carbocycles. The summed E-state index contributed by atoms with van der Waals surface area (Å²) in [7, 11) is 0. The first-order chi connectivity index (χ1) is 8.58. The number of carbonyl (C=O) groups is 1. The summed E-state index contributed by atoms with van der Waals surface area (Å²) < 4.78 is 0. The van der Waals surface area contributed by atoms with Gasteiger partial charge in [-0.2, -0.15) is 0 Å². The van der Waals surface area contributed by atoms with E-state index in [0.717, 1.165) is 30.5 Å². The summed E-state index contributed by atoms with van der Waals surface area (Å²) in [4.78, 5) is 11.1. The fraction of sp³-hybridized carbons (Fsp3) is 0.500. The summed E-state index contributed by atoms with van der Waals surface area (Å²) in [6.07, 6.45) is 3.38. The number of hydrogen-bond acceptors (Lipinski definition) is 3. The van der Waals surface area contributed by atoms with Gasteiger partial charge in [-0.05, 0) is 37.1 Å². The molecule has 0 aromatic heterocycles. The van der Waals surface area contributed by atoms with Crippen LogP contribution in [0.15, 0.2) is 18.2 Å². The Morgan fingerprint density at radius 1 is 1.44 bits per heavy atom. The molecule has 1 amide bonds. The predicted molar refractivity (Wildman–Crippen MR) is 75.7 cm³/mol. The van der Waals surface area contributed by atoms with Crippen molar-refractivity contribution in [3.8, 4) is 0 Å². The zero-order valence-electron chi connectivity index (χ0n) is 11.2. The Labute approximate surface area is 109 Å². The summed E-state index contributed by atoms with van der Waals surface area (Å²) in [6, 6.07) is 5.85. The smallest absolute Gasteiger partial charge is 0.248 e. The van der Waals surface area contributed by atoms with Crippen molar-refractivity contribution in [3.63, 3.8) is 0 Å². The molecule has 0 heterocycles. The minimum absolute atomic E-state index is 0.281. The summed E-state index contributed by atoms with van der Waals surface area (Å²) >= 11 is 0. The van der Waals surface area contributed by atoms with Crippen molar-refractivity contribution in [3.05, 3.63) is 29.3 Å². The van der Waals surface area contributed by atoms with Gasteiger partial charge in [-0.15, -0.1) is 0 Å². The molecule has 0 radical (unpaired) electrons. The molecule has 0 aliphatic rings. The van der Waals surface area contributed by atoms with E-state index in [1.807, 2.05) is 19.1 Å². The first kappa shape index (κ1) is 14.5. The molecule has 100 valence electrons. The van der Waals surface area contributed by atoms with Crippen LogP contribution in [0.3, 0.4) is 0 Å². The second-order valence-corrected chi connectivity index (χ2v) is 4.61. The largest absolute Gasteiger partial charge is 0.381 e. The first-order valence-corrected chi connectivity index (χ1v) is 6.45. The van der Waals surface area contributed by atoms with Gasteiger partial charge in [0, 0.05) is 23.8 Å². The van der Waals surface area contributed by atoms with E-state index in [4.69, 9.17) is 11.5 Å². The van der Waals surface area contributed by atoms with Crippen LogP contribution in [0.1, 0.15) is 42.1 Å². The lowest BCUT2D eigenvalue weighted by molar-refractivity contribution is 0.1000. The minimum Gasteiger partial charge on any atom is -0.381 e. The quantitative estimate of drug-likeness (QED) is 0.691. The molecule has 0 fully saturated rings. The van der Waals surface area contributed by atoms with E-state index >= 15 is 0 Å². The van der Waals surface area contributed by atoms with Gasteiger partial charge in [-0.1, -0.05) is 19.8 Å². The monoisotopic (exact) mass is 249 g/mol. The number of nitrogens with one attached hydrogen (secondary N) is 1. The maximum atomic E-state index is 11.1. The van der Waals surface area contributed by atoms with Crippen molar-refractivity contribution in [2.45, 2.75) is 39.2 Å². The molecule has 18 heavy (non-hydrogen) atoms. The highest BCUT2D eigenvalue weighted by Gasteiger charge is 2.08. The van der Waals surface area contributed by atoms with Gasteiger partial charge in [0.2, 0.25) is 5.91 Å². The molecule has 0 aliphatic heterocycles. The lowest BCUT2D eigenvalue weighted by Gasteiger charge is -2.18. The third kappa shape index (κ3) is 4.04. The molecule has 1 unspecified atom stereocenters. The molecule has 0 spiro atoms. The maximum Gasteiger partial charge on any atom is 0.248 e. The molecular formula is C14H23N3O. The van der Waals surface area contributed by atoms with Gasteiger partial charge in [-0.25, -0.2) is 0 Å². The van der Waals surface area contributed by atoms with E-state index in [0.29, 0.717) is 12.1 Å². The Hall–Kier alpha value is -1.55. The Morgan fingerprint density at radius 3 is 2.67 bits per heavy atom. The van der Waals surface area contributed by atoms with E-state index in [-0.39, 0.29) is 11.9 Å². The van der Waals surface area contributed by atoms with Gasteiger partial charge in [0.1, 0.15) is 0 Å². The molecule has 0 aliphatic carbocycles.